The Morgan fingerprint density at radius 2 is 1.49 bits per heavy atom. The van der Waals surface area contributed by atoms with Crippen molar-refractivity contribution in [3.05, 3.63) is 93.9 Å². The molecule has 3 aliphatic rings. The van der Waals surface area contributed by atoms with Crippen LogP contribution in [0.4, 0.5) is 11.4 Å². The normalized spacial score (nSPS) is 18.7. The molecule has 0 unspecified atom stereocenters. The number of unbranched alkanes of at least 4 members (excludes halogenated alkanes) is 5. The van der Waals surface area contributed by atoms with Crippen LogP contribution in [0.1, 0.15) is 102 Å². The molecule has 0 atom stereocenters. The summed E-state index contributed by atoms with van der Waals surface area (Å²) in [4.78, 5) is 53.1. The molecule has 0 radical (unpaired) electrons. The Kier molecular flexibility index (Phi) is 10.7. The number of Topliss-reactive ketones (excluding diaryl/α,β-unsaturated/α-hetero) is 1. The summed E-state index contributed by atoms with van der Waals surface area (Å²) in [5, 5.41) is 30.1. The topological polar surface area (TPSA) is 138 Å². The van der Waals surface area contributed by atoms with Gasteiger partial charge in [0, 0.05) is 53.0 Å². The fourth-order valence-corrected chi connectivity index (χ4v) is 7.69. The number of nitrogens with zero attached hydrogens (tertiary/aromatic N) is 3. The van der Waals surface area contributed by atoms with Crippen LogP contribution in [-0.4, -0.2) is 80.3 Å². The highest BCUT2D eigenvalue weighted by molar-refractivity contribution is 6.24. The molecule has 0 bridgehead atoms. The number of carbonyl (C=O) groups excluding carboxylic acids is 2. The summed E-state index contributed by atoms with van der Waals surface area (Å²) in [6, 6.07) is 13.3. The summed E-state index contributed by atoms with van der Waals surface area (Å²) in [5.41, 5.74) is 5.25. The van der Waals surface area contributed by atoms with Crippen molar-refractivity contribution in [1.82, 2.24) is 4.90 Å². The minimum Gasteiger partial charge on any atom is -0.506 e. The van der Waals surface area contributed by atoms with Crippen molar-refractivity contribution in [1.29, 1.82) is 0 Å². The molecule has 2 aliphatic heterocycles. The average molecular weight is 697 g/mol. The predicted octanol–water partition coefficient (Wildman–Crippen LogP) is 7.06. The number of carboxylic acid groups (broad SMARTS) is 2. The van der Waals surface area contributed by atoms with E-state index in [4.69, 9.17) is 0 Å². The molecular formula is C41H50N3O7+. The van der Waals surface area contributed by atoms with Crippen LogP contribution in [0.25, 0.3) is 0 Å². The van der Waals surface area contributed by atoms with Gasteiger partial charge in [0.1, 0.15) is 25.4 Å². The molecule has 5 rings (SSSR count). The second kappa shape index (κ2) is 14.7. The van der Waals surface area contributed by atoms with Crippen molar-refractivity contribution in [2.24, 2.45) is 0 Å². The fraction of sp³-hybridized carbons (Fsp3) is 0.439. The monoisotopic (exact) mass is 696 g/mol. The van der Waals surface area contributed by atoms with E-state index < -0.39 is 36.4 Å². The molecule has 51 heavy (non-hydrogen) atoms. The quantitative estimate of drug-likeness (QED) is 0.102. The third-order valence-electron chi connectivity index (χ3n) is 10.5. The van der Waals surface area contributed by atoms with E-state index in [1.807, 2.05) is 32.1 Å². The van der Waals surface area contributed by atoms with Gasteiger partial charge in [0.15, 0.2) is 5.71 Å². The van der Waals surface area contributed by atoms with E-state index in [1.165, 1.54) is 12.0 Å². The zero-order valence-electron chi connectivity index (χ0n) is 30.6. The first-order valence-electron chi connectivity index (χ1n) is 18.0. The van der Waals surface area contributed by atoms with Crippen molar-refractivity contribution in [3.8, 4) is 0 Å². The standard InChI is InChI=1S/C41H49N3O7/c1-7-9-10-11-12-15-20-44-32-19-18-26(39(51)42(24-35(45)46)25-36(47)48)21-30(32)41(5,6)34(44)23-28-37(49)27(38(28)50)22-33-40(3,4)29-16-13-14-17-31(29)43(33)8-2/h13-14,16-19,21-23H,7-12,15,20,24-25H2,1-6H3,(H2-,45,46,47,48,49,50)/p+1. The van der Waals surface area contributed by atoms with Crippen LogP contribution in [0.3, 0.4) is 0 Å². The van der Waals surface area contributed by atoms with Crippen molar-refractivity contribution < 1.29 is 39.1 Å². The largest absolute Gasteiger partial charge is 0.506 e. The van der Waals surface area contributed by atoms with Gasteiger partial charge in [-0.25, -0.2) is 0 Å². The van der Waals surface area contributed by atoms with E-state index in [0.717, 1.165) is 65.4 Å². The predicted molar refractivity (Wildman–Crippen MR) is 197 cm³/mol. The van der Waals surface area contributed by atoms with E-state index in [9.17, 15) is 34.5 Å². The Hall–Kier alpha value is -4.99. The Morgan fingerprint density at radius 3 is 2.12 bits per heavy atom. The van der Waals surface area contributed by atoms with Gasteiger partial charge in [0.05, 0.1) is 16.6 Å². The lowest BCUT2D eigenvalue weighted by Crippen LogP contribution is -2.39. The van der Waals surface area contributed by atoms with Crippen molar-refractivity contribution in [2.75, 3.05) is 31.1 Å². The van der Waals surface area contributed by atoms with Gasteiger partial charge in [-0.3, -0.25) is 19.2 Å². The van der Waals surface area contributed by atoms with Crippen LogP contribution in [0.2, 0.25) is 0 Å². The zero-order valence-corrected chi connectivity index (χ0v) is 30.6. The summed E-state index contributed by atoms with van der Waals surface area (Å²) < 4.78 is 2.15. The first-order chi connectivity index (χ1) is 24.1. The first-order valence-corrected chi connectivity index (χ1v) is 18.0. The number of ketones is 1. The molecule has 270 valence electrons. The van der Waals surface area contributed by atoms with Gasteiger partial charge in [0.2, 0.25) is 11.5 Å². The Labute approximate surface area is 300 Å². The van der Waals surface area contributed by atoms with E-state index in [2.05, 4.69) is 49.3 Å². The highest BCUT2D eigenvalue weighted by atomic mass is 16.4. The summed E-state index contributed by atoms with van der Waals surface area (Å²) in [5.74, 6) is -3.61. The number of carbonyl (C=O) groups is 4. The molecule has 2 aromatic rings. The summed E-state index contributed by atoms with van der Waals surface area (Å²) in [6.07, 6.45) is 10.1. The Bertz CT molecular complexity index is 1880. The number of aliphatic hydroxyl groups is 1. The number of anilines is 1. The van der Waals surface area contributed by atoms with Crippen molar-refractivity contribution >= 4 is 40.7 Å². The van der Waals surface area contributed by atoms with E-state index in [0.29, 0.717) is 13.1 Å². The van der Waals surface area contributed by atoms with Crippen LogP contribution in [0.5, 0.6) is 0 Å². The van der Waals surface area contributed by atoms with Crippen LogP contribution < -0.4 is 4.90 Å². The highest BCUT2D eigenvalue weighted by Crippen LogP contribution is 2.49. The number of hydrogen-bond donors (Lipinski definition) is 3. The van der Waals surface area contributed by atoms with Gasteiger partial charge in [0.25, 0.3) is 5.91 Å². The fourth-order valence-electron chi connectivity index (χ4n) is 7.69. The van der Waals surface area contributed by atoms with Crippen LogP contribution in [-0.2, 0) is 25.2 Å². The maximum absolute atomic E-state index is 13.8. The van der Waals surface area contributed by atoms with Crippen LogP contribution in [0, 0.1) is 0 Å². The Balaban J connectivity index is 1.53. The van der Waals surface area contributed by atoms with Crippen molar-refractivity contribution in [2.45, 2.75) is 90.9 Å². The third kappa shape index (κ3) is 7.01. The number of fused-ring (bicyclic) bond motifs is 2. The minimum absolute atomic E-state index is 0.0528. The molecule has 2 heterocycles. The molecule has 10 heteroatoms. The average Bonchev–Trinajstić information content (AvgIpc) is 3.43. The molecule has 2 aromatic carbocycles. The van der Waals surface area contributed by atoms with Gasteiger partial charge < -0.3 is 25.1 Å². The molecule has 0 fully saturated rings. The number of benzene rings is 2. The Morgan fingerprint density at radius 1 is 0.843 bits per heavy atom. The van der Waals surface area contributed by atoms with Crippen LogP contribution >= 0.6 is 0 Å². The number of amides is 1. The number of hydrogen-bond acceptors (Lipinski definition) is 6. The SMILES string of the molecule is CCCCCCCC[N+]1=C(/C=C2/C(=O)C(/C=C3\N(CC)c4ccccc4C3(C)C)=C2O)C(C)(C)c2cc(C(=O)N(CC(=O)O)CC(=O)O)ccc21. The maximum Gasteiger partial charge on any atom is 0.323 e. The number of para-hydroxylation sites is 1. The first kappa shape index (κ1) is 37.3. The second-order valence-electron chi connectivity index (χ2n) is 14.7. The van der Waals surface area contributed by atoms with Crippen molar-refractivity contribution in [3.63, 3.8) is 0 Å². The third-order valence-corrected chi connectivity index (χ3v) is 10.5. The zero-order chi connectivity index (χ0) is 37.2. The number of likely N-dealkylation sites (N-methyl/N-ethyl adjacent to an activating group) is 1. The smallest absolute Gasteiger partial charge is 0.323 e. The van der Waals surface area contributed by atoms with E-state index in [-0.39, 0.29) is 33.7 Å². The van der Waals surface area contributed by atoms with Gasteiger partial charge in [-0.05, 0) is 57.0 Å². The lowest BCUT2D eigenvalue weighted by Gasteiger charge is -2.28. The van der Waals surface area contributed by atoms with Gasteiger partial charge >= 0.3 is 11.9 Å². The molecule has 10 nitrogen and oxygen atoms in total. The second-order valence-corrected chi connectivity index (χ2v) is 14.7. The number of aliphatic hydroxyl groups excluding tert-OH is 1. The lowest BCUT2D eigenvalue weighted by atomic mass is 9.77. The van der Waals surface area contributed by atoms with E-state index in [1.54, 1.807) is 24.3 Å². The summed E-state index contributed by atoms with van der Waals surface area (Å²) in [7, 11) is 0. The molecule has 0 spiro atoms. The minimum atomic E-state index is -1.31. The molecular weight excluding hydrogens is 646 g/mol. The molecule has 0 saturated heterocycles. The molecule has 0 aromatic heterocycles. The molecule has 0 saturated carbocycles. The molecule has 3 N–H and O–H groups in total. The lowest BCUT2D eigenvalue weighted by molar-refractivity contribution is -0.438. The molecule has 1 amide bonds. The number of allylic oxidation sites excluding steroid dienone is 5. The number of carboxylic acids is 2. The van der Waals surface area contributed by atoms with Gasteiger partial charge in [-0.15, -0.1) is 0 Å². The van der Waals surface area contributed by atoms with E-state index >= 15 is 0 Å². The maximum atomic E-state index is 13.8. The number of aliphatic carboxylic acids is 2. The summed E-state index contributed by atoms with van der Waals surface area (Å²) >= 11 is 0. The van der Waals surface area contributed by atoms with Gasteiger partial charge in [-0.1, -0.05) is 64.7 Å². The van der Waals surface area contributed by atoms with Gasteiger partial charge in [-0.2, -0.15) is 4.58 Å². The summed E-state index contributed by atoms with van der Waals surface area (Å²) in [6.45, 7) is 12.4. The highest BCUT2D eigenvalue weighted by Gasteiger charge is 2.47. The van der Waals surface area contributed by atoms with Crippen LogP contribution in [0.15, 0.2) is 77.2 Å². The number of rotatable bonds is 15. The molecule has 1 aliphatic carbocycles.